The van der Waals surface area contributed by atoms with E-state index in [9.17, 15) is 0 Å². The zero-order valence-corrected chi connectivity index (χ0v) is 10.7. The number of hydrogen-bond acceptors (Lipinski definition) is 3. The van der Waals surface area contributed by atoms with Crippen LogP contribution in [0, 0.1) is 0 Å². The molecule has 0 radical (unpaired) electrons. The molecule has 4 rings (SSSR count). The Morgan fingerprint density at radius 2 is 1.60 bits per heavy atom. The number of rotatable bonds is 1. The number of anilines is 1. The molecule has 4 nitrogen and oxygen atoms in total. The SMILES string of the molecule is Nc1nc(-c2ccccc2)cn2c1nc1ccccc12. The predicted molar refractivity (Wildman–Crippen MR) is 80.3 cm³/mol. The van der Waals surface area contributed by atoms with Gasteiger partial charge in [-0.1, -0.05) is 42.5 Å². The van der Waals surface area contributed by atoms with E-state index in [1.54, 1.807) is 0 Å². The lowest BCUT2D eigenvalue weighted by molar-refractivity contribution is 1.17. The summed E-state index contributed by atoms with van der Waals surface area (Å²) in [6.07, 6.45) is 1.98. The van der Waals surface area contributed by atoms with E-state index in [4.69, 9.17) is 5.73 Å². The molecule has 0 saturated carbocycles. The molecule has 0 aliphatic rings. The number of hydrogen-bond donors (Lipinski definition) is 1. The molecule has 4 heteroatoms. The minimum Gasteiger partial charge on any atom is -0.381 e. The molecular weight excluding hydrogens is 248 g/mol. The topological polar surface area (TPSA) is 56.2 Å². The molecule has 2 heterocycles. The van der Waals surface area contributed by atoms with Gasteiger partial charge in [-0.3, -0.25) is 4.40 Å². The van der Waals surface area contributed by atoms with E-state index in [1.807, 2.05) is 65.2 Å². The molecule has 96 valence electrons. The first-order valence-electron chi connectivity index (χ1n) is 6.42. The van der Waals surface area contributed by atoms with E-state index in [2.05, 4.69) is 9.97 Å². The lowest BCUT2D eigenvalue weighted by Gasteiger charge is -2.04. The van der Waals surface area contributed by atoms with Gasteiger partial charge in [0.2, 0.25) is 0 Å². The van der Waals surface area contributed by atoms with Crippen molar-refractivity contribution in [2.24, 2.45) is 0 Å². The van der Waals surface area contributed by atoms with Gasteiger partial charge in [-0.15, -0.1) is 0 Å². The quantitative estimate of drug-likeness (QED) is 0.572. The summed E-state index contributed by atoms with van der Waals surface area (Å²) in [6.45, 7) is 0. The highest BCUT2D eigenvalue weighted by Crippen LogP contribution is 2.24. The summed E-state index contributed by atoms with van der Waals surface area (Å²) in [5, 5.41) is 0. The van der Waals surface area contributed by atoms with Gasteiger partial charge in [0.05, 0.1) is 16.7 Å². The summed E-state index contributed by atoms with van der Waals surface area (Å²) in [5.41, 5.74) is 10.6. The smallest absolute Gasteiger partial charge is 0.180 e. The predicted octanol–water partition coefficient (Wildman–Crippen LogP) is 3.13. The molecule has 0 spiro atoms. The number of aromatic nitrogens is 3. The van der Waals surface area contributed by atoms with E-state index >= 15 is 0 Å². The van der Waals surface area contributed by atoms with Crippen LogP contribution >= 0.6 is 0 Å². The van der Waals surface area contributed by atoms with E-state index in [0.29, 0.717) is 11.5 Å². The number of nitrogens with two attached hydrogens (primary N) is 1. The summed E-state index contributed by atoms with van der Waals surface area (Å²) in [6, 6.07) is 18.0. The Morgan fingerprint density at radius 3 is 2.45 bits per heavy atom. The molecule has 20 heavy (non-hydrogen) atoms. The van der Waals surface area contributed by atoms with Crippen LogP contribution in [-0.2, 0) is 0 Å². The van der Waals surface area contributed by atoms with Crippen LogP contribution in [0.3, 0.4) is 0 Å². The van der Waals surface area contributed by atoms with E-state index in [0.717, 1.165) is 22.3 Å². The van der Waals surface area contributed by atoms with Crippen molar-refractivity contribution in [2.45, 2.75) is 0 Å². The van der Waals surface area contributed by atoms with Crippen LogP contribution in [0.2, 0.25) is 0 Å². The van der Waals surface area contributed by atoms with Gasteiger partial charge < -0.3 is 5.73 Å². The lowest BCUT2D eigenvalue weighted by atomic mass is 10.2. The second-order valence-corrected chi connectivity index (χ2v) is 4.67. The van der Waals surface area contributed by atoms with Crippen LogP contribution in [0.25, 0.3) is 27.9 Å². The molecule has 0 saturated heterocycles. The fraction of sp³-hybridized carbons (Fsp3) is 0. The van der Waals surface area contributed by atoms with Crippen molar-refractivity contribution in [3.8, 4) is 11.3 Å². The summed E-state index contributed by atoms with van der Waals surface area (Å²) >= 11 is 0. The van der Waals surface area contributed by atoms with Crippen LogP contribution < -0.4 is 5.73 Å². The van der Waals surface area contributed by atoms with Gasteiger partial charge >= 0.3 is 0 Å². The van der Waals surface area contributed by atoms with Crippen molar-refractivity contribution in [3.63, 3.8) is 0 Å². The number of imidazole rings is 1. The van der Waals surface area contributed by atoms with Crippen LogP contribution in [0.1, 0.15) is 0 Å². The zero-order chi connectivity index (χ0) is 13.5. The van der Waals surface area contributed by atoms with Crippen LogP contribution in [-0.4, -0.2) is 14.4 Å². The van der Waals surface area contributed by atoms with E-state index in [1.165, 1.54) is 0 Å². The maximum absolute atomic E-state index is 6.06. The third kappa shape index (κ3) is 1.55. The highest BCUT2D eigenvalue weighted by Gasteiger charge is 2.10. The normalized spacial score (nSPS) is 11.2. The van der Waals surface area contributed by atoms with Crippen LogP contribution in [0.4, 0.5) is 5.82 Å². The van der Waals surface area contributed by atoms with Crippen molar-refractivity contribution in [1.29, 1.82) is 0 Å². The number of fused-ring (bicyclic) bond motifs is 3. The summed E-state index contributed by atoms with van der Waals surface area (Å²) < 4.78 is 2.00. The van der Waals surface area contributed by atoms with E-state index < -0.39 is 0 Å². The fourth-order valence-electron chi connectivity index (χ4n) is 2.43. The lowest BCUT2D eigenvalue weighted by Crippen LogP contribution is -1.98. The molecule has 0 bridgehead atoms. The molecule has 2 aromatic heterocycles. The monoisotopic (exact) mass is 260 g/mol. The third-order valence-corrected chi connectivity index (χ3v) is 3.39. The molecule has 2 aromatic carbocycles. The first-order chi connectivity index (χ1) is 9.83. The summed E-state index contributed by atoms with van der Waals surface area (Å²) in [7, 11) is 0. The summed E-state index contributed by atoms with van der Waals surface area (Å²) in [4.78, 5) is 8.99. The van der Waals surface area contributed by atoms with Crippen LogP contribution in [0.15, 0.2) is 60.8 Å². The van der Waals surface area contributed by atoms with Gasteiger partial charge in [0.15, 0.2) is 11.5 Å². The fourth-order valence-corrected chi connectivity index (χ4v) is 2.43. The Kier molecular flexibility index (Phi) is 2.23. The maximum atomic E-state index is 6.06. The largest absolute Gasteiger partial charge is 0.381 e. The zero-order valence-electron chi connectivity index (χ0n) is 10.7. The molecule has 0 amide bonds. The Labute approximate surface area is 115 Å². The maximum Gasteiger partial charge on any atom is 0.180 e. The van der Waals surface area contributed by atoms with Gasteiger partial charge in [0.25, 0.3) is 0 Å². The Hall–Kier alpha value is -2.88. The van der Waals surface area contributed by atoms with Crippen molar-refractivity contribution < 1.29 is 0 Å². The molecule has 0 aliphatic heterocycles. The number of nitrogen functional groups attached to an aromatic ring is 1. The van der Waals surface area contributed by atoms with Crippen molar-refractivity contribution in [3.05, 3.63) is 60.8 Å². The highest BCUT2D eigenvalue weighted by molar-refractivity contribution is 5.84. The van der Waals surface area contributed by atoms with Crippen molar-refractivity contribution in [2.75, 3.05) is 5.73 Å². The third-order valence-electron chi connectivity index (χ3n) is 3.39. The van der Waals surface area contributed by atoms with Gasteiger partial charge in [-0.2, -0.15) is 0 Å². The molecular formula is C16H12N4. The molecule has 0 atom stereocenters. The Balaban J connectivity index is 2.08. The highest BCUT2D eigenvalue weighted by atomic mass is 15.1. The van der Waals surface area contributed by atoms with Gasteiger partial charge in [0, 0.05) is 11.8 Å². The average molecular weight is 260 g/mol. The second kappa shape index (κ2) is 4.06. The number of nitrogens with zero attached hydrogens (tertiary/aromatic N) is 3. The Bertz CT molecular complexity index is 910. The van der Waals surface area contributed by atoms with Gasteiger partial charge in [-0.25, -0.2) is 9.97 Å². The molecule has 0 aliphatic carbocycles. The molecule has 0 unspecified atom stereocenters. The number of para-hydroxylation sites is 2. The Morgan fingerprint density at radius 1 is 0.850 bits per heavy atom. The van der Waals surface area contributed by atoms with Crippen LogP contribution in [0.5, 0.6) is 0 Å². The molecule has 4 aromatic rings. The first-order valence-corrected chi connectivity index (χ1v) is 6.42. The number of benzene rings is 2. The van der Waals surface area contributed by atoms with Crippen molar-refractivity contribution in [1.82, 2.24) is 14.4 Å². The molecule has 0 fully saturated rings. The molecule has 2 N–H and O–H groups in total. The van der Waals surface area contributed by atoms with E-state index in [-0.39, 0.29) is 0 Å². The van der Waals surface area contributed by atoms with Crippen molar-refractivity contribution >= 4 is 22.5 Å². The first kappa shape index (κ1) is 11.0. The van der Waals surface area contributed by atoms with Gasteiger partial charge in [-0.05, 0) is 12.1 Å². The summed E-state index contributed by atoms with van der Waals surface area (Å²) in [5.74, 6) is 0.447. The minimum absolute atomic E-state index is 0.447. The minimum atomic E-state index is 0.447. The average Bonchev–Trinajstić information content (AvgIpc) is 2.88. The second-order valence-electron chi connectivity index (χ2n) is 4.67. The van der Waals surface area contributed by atoms with Gasteiger partial charge in [0.1, 0.15) is 0 Å². The standard InChI is InChI=1S/C16H12N4/c17-15-16-19-12-8-4-5-9-14(12)20(16)10-13(18-15)11-6-2-1-3-7-11/h1-10H,(H2,17,18).